The number of aryl methyl sites for hydroxylation is 2. The maximum absolute atomic E-state index is 12.6. The second-order valence-electron chi connectivity index (χ2n) is 10.3. The SMILES string of the molecule is CC(C)N(CCCCS(=O)(=O)NC(=O)Nc1c2c(cc3c1CCC3)CCC2)C(C)(C)C. The van der Waals surface area contributed by atoms with Gasteiger partial charge in [-0.05, 0) is 115 Å². The van der Waals surface area contributed by atoms with E-state index < -0.39 is 16.1 Å². The van der Waals surface area contributed by atoms with Gasteiger partial charge in [0, 0.05) is 17.3 Å². The zero-order valence-electron chi connectivity index (χ0n) is 19.8. The third kappa shape index (κ3) is 6.01. The maximum atomic E-state index is 12.6. The number of hydrogen-bond donors (Lipinski definition) is 2. The van der Waals surface area contributed by atoms with Crippen LogP contribution >= 0.6 is 0 Å². The maximum Gasteiger partial charge on any atom is 0.332 e. The Morgan fingerprint density at radius 2 is 1.61 bits per heavy atom. The minimum atomic E-state index is -3.66. The van der Waals surface area contributed by atoms with Crippen molar-refractivity contribution in [2.24, 2.45) is 0 Å². The molecule has 2 aliphatic carbocycles. The molecule has 0 fully saturated rings. The highest BCUT2D eigenvalue weighted by atomic mass is 32.2. The van der Waals surface area contributed by atoms with Gasteiger partial charge in [-0.25, -0.2) is 17.9 Å². The summed E-state index contributed by atoms with van der Waals surface area (Å²) in [6.45, 7) is 11.7. The van der Waals surface area contributed by atoms with Crippen LogP contribution in [0, 0.1) is 0 Å². The third-order valence-corrected chi connectivity index (χ3v) is 7.83. The summed E-state index contributed by atoms with van der Waals surface area (Å²) in [5.41, 5.74) is 5.93. The normalized spacial score (nSPS) is 16.0. The number of urea groups is 1. The van der Waals surface area contributed by atoms with Gasteiger partial charge < -0.3 is 5.32 Å². The van der Waals surface area contributed by atoms with Crippen LogP contribution in [0.1, 0.15) is 82.6 Å². The fourth-order valence-corrected chi connectivity index (χ4v) is 6.26. The number of sulfonamides is 1. The van der Waals surface area contributed by atoms with Gasteiger partial charge in [-0.15, -0.1) is 0 Å². The number of benzene rings is 1. The molecule has 0 saturated carbocycles. The molecule has 0 atom stereocenters. The first-order chi connectivity index (χ1) is 14.5. The van der Waals surface area contributed by atoms with Gasteiger partial charge in [0.05, 0.1) is 5.75 Å². The van der Waals surface area contributed by atoms with Crippen LogP contribution in [0.5, 0.6) is 0 Å². The van der Waals surface area contributed by atoms with Crippen molar-refractivity contribution in [3.8, 4) is 0 Å². The van der Waals surface area contributed by atoms with Crippen LogP contribution in [0.15, 0.2) is 6.07 Å². The van der Waals surface area contributed by atoms with E-state index >= 15 is 0 Å². The van der Waals surface area contributed by atoms with Crippen LogP contribution in [-0.4, -0.2) is 43.2 Å². The number of fused-ring (bicyclic) bond motifs is 2. The fraction of sp³-hybridized carbons (Fsp3) is 0.708. The summed E-state index contributed by atoms with van der Waals surface area (Å²) in [4.78, 5) is 15.0. The number of nitrogens with one attached hydrogen (secondary N) is 2. The van der Waals surface area contributed by atoms with Crippen LogP contribution in [0.2, 0.25) is 0 Å². The number of unbranched alkanes of at least 4 members (excludes halogenated alkanes) is 1. The Morgan fingerprint density at radius 1 is 1.03 bits per heavy atom. The Kier molecular flexibility index (Phi) is 7.36. The average Bonchev–Trinajstić information content (AvgIpc) is 3.28. The van der Waals surface area contributed by atoms with Crippen LogP contribution in [0.3, 0.4) is 0 Å². The standard InChI is InChI=1S/C24H39N3O3S/c1-17(2)27(24(3,4)5)14-6-7-15-31(29,30)26-23(28)25-22-20-12-8-10-18(20)16-19-11-9-13-21(19)22/h16-17H,6-15H2,1-5H3,(H2,25,26,28). The molecule has 0 bridgehead atoms. The molecule has 2 aliphatic rings. The summed E-state index contributed by atoms with van der Waals surface area (Å²) in [6, 6.07) is 2.06. The van der Waals surface area contributed by atoms with Crippen molar-refractivity contribution in [3.63, 3.8) is 0 Å². The molecular weight excluding hydrogens is 410 g/mol. The number of hydrogen-bond acceptors (Lipinski definition) is 4. The molecule has 0 aromatic heterocycles. The number of nitrogens with zero attached hydrogens (tertiary/aromatic N) is 1. The van der Waals surface area contributed by atoms with E-state index in [9.17, 15) is 13.2 Å². The van der Waals surface area contributed by atoms with Gasteiger partial charge in [-0.2, -0.15) is 0 Å². The Balaban J connectivity index is 1.55. The lowest BCUT2D eigenvalue weighted by atomic mass is 9.99. The number of anilines is 1. The van der Waals surface area contributed by atoms with Crippen molar-refractivity contribution in [1.82, 2.24) is 9.62 Å². The van der Waals surface area contributed by atoms with Crippen LogP contribution in [-0.2, 0) is 35.7 Å². The molecule has 2 N–H and O–H groups in total. The monoisotopic (exact) mass is 449 g/mol. The number of amides is 2. The van der Waals surface area contributed by atoms with Crippen molar-refractivity contribution in [2.75, 3.05) is 17.6 Å². The predicted molar refractivity (Wildman–Crippen MR) is 127 cm³/mol. The van der Waals surface area contributed by atoms with E-state index in [1.54, 1.807) is 0 Å². The second kappa shape index (κ2) is 9.49. The lowest BCUT2D eigenvalue weighted by Gasteiger charge is -2.39. The van der Waals surface area contributed by atoms with E-state index in [0.717, 1.165) is 57.2 Å². The van der Waals surface area contributed by atoms with Crippen LogP contribution < -0.4 is 10.0 Å². The second-order valence-corrected chi connectivity index (χ2v) is 12.1. The molecular formula is C24H39N3O3S. The van der Waals surface area contributed by atoms with Gasteiger partial charge in [0.15, 0.2) is 0 Å². The fourth-order valence-electron chi connectivity index (χ4n) is 5.24. The van der Waals surface area contributed by atoms with Gasteiger partial charge in [0.25, 0.3) is 0 Å². The first kappa shape index (κ1) is 24.1. The molecule has 0 saturated heterocycles. The Labute approximate surface area is 188 Å². The quantitative estimate of drug-likeness (QED) is 0.577. The molecule has 0 radical (unpaired) electrons. The highest BCUT2D eigenvalue weighted by Crippen LogP contribution is 2.38. The van der Waals surface area contributed by atoms with Crippen molar-refractivity contribution in [3.05, 3.63) is 28.3 Å². The molecule has 1 aromatic carbocycles. The van der Waals surface area contributed by atoms with Gasteiger partial charge in [0.2, 0.25) is 10.0 Å². The van der Waals surface area contributed by atoms with E-state index in [1.165, 1.54) is 22.3 Å². The molecule has 0 heterocycles. The summed E-state index contributed by atoms with van der Waals surface area (Å²) in [5.74, 6) is -0.0402. The predicted octanol–water partition coefficient (Wildman–Crippen LogP) is 4.40. The van der Waals surface area contributed by atoms with Crippen molar-refractivity contribution in [1.29, 1.82) is 0 Å². The molecule has 1 aromatic rings. The van der Waals surface area contributed by atoms with Gasteiger partial charge in [-0.1, -0.05) is 6.07 Å². The van der Waals surface area contributed by atoms with Gasteiger partial charge in [0.1, 0.15) is 0 Å². The Bertz CT molecular complexity index is 885. The molecule has 2 amide bonds. The smallest absolute Gasteiger partial charge is 0.307 e. The van der Waals surface area contributed by atoms with E-state index in [-0.39, 0.29) is 11.3 Å². The Morgan fingerprint density at radius 3 is 2.13 bits per heavy atom. The molecule has 0 spiro atoms. The molecule has 7 heteroatoms. The molecule has 174 valence electrons. The Hall–Kier alpha value is -1.60. The zero-order valence-corrected chi connectivity index (χ0v) is 20.6. The van der Waals surface area contributed by atoms with Crippen LogP contribution in [0.25, 0.3) is 0 Å². The third-order valence-electron chi connectivity index (χ3n) is 6.51. The minimum absolute atomic E-state index is 0.0402. The summed E-state index contributed by atoms with van der Waals surface area (Å²) in [5, 5.41) is 2.90. The number of rotatable bonds is 8. The van der Waals surface area contributed by atoms with E-state index in [1.807, 2.05) is 0 Å². The first-order valence-corrected chi connectivity index (χ1v) is 13.4. The summed E-state index contributed by atoms with van der Waals surface area (Å²) in [6.07, 6.45) is 7.47. The lowest BCUT2D eigenvalue weighted by Crippen LogP contribution is -2.46. The topological polar surface area (TPSA) is 78.5 Å². The lowest BCUT2D eigenvalue weighted by molar-refractivity contribution is 0.0974. The highest BCUT2D eigenvalue weighted by molar-refractivity contribution is 7.90. The largest absolute Gasteiger partial charge is 0.332 e. The molecule has 0 unspecified atom stereocenters. The van der Waals surface area contributed by atoms with Gasteiger partial charge in [-0.3, -0.25) is 4.90 Å². The van der Waals surface area contributed by atoms with Gasteiger partial charge >= 0.3 is 6.03 Å². The van der Waals surface area contributed by atoms with Crippen molar-refractivity contribution >= 4 is 21.7 Å². The summed E-state index contributed by atoms with van der Waals surface area (Å²) >= 11 is 0. The van der Waals surface area contributed by atoms with Crippen LogP contribution in [0.4, 0.5) is 10.5 Å². The summed E-state index contributed by atoms with van der Waals surface area (Å²) < 4.78 is 27.2. The van der Waals surface area contributed by atoms with E-state index in [0.29, 0.717) is 12.5 Å². The van der Waals surface area contributed by atoms with Crippen molar-refractivity contribution < 1.29 is 13.2 Å². The molecule has 3 rings (SSSR count). The molecule has 31 heavy (non-hydrogen) atoms. The van der Waals surface area contributed by atoms with E-state index in [2.05, 4.69) is 55.6 Å². The van der Waals surface area contributed by atoms with Crippen molar-refractivity contribution in [2.45, 2.75) is 97.6 Å². The van der Waals surface area contributed by atoms with E-state index in [4.69, 9.17) is 0 Å². The average molecular weight is 450 g/mol. The zero-order chi connectivity index (χ0) is 22.8. The first-order valence-electron chi connectivity index (χ1n) is 11.7. The number of carbonyl (C=O) groups excluding carboxylic acids is 1. The minimum Gasteiger partial charge on any atom is -0.307 e. The highest BCUT2D eigenvalue weighted by Gasteiger charge is 2.26. The number of carbonyl (C=O) groups is 1. The molecule has 0 aliphatic heterocycles. The summed E-state index contributed by atoms with van der Waals surface area (Å²) in [7, 11) is -3.66. The molecule has 6 nitrogen and oxygen atoms in total.